The number of hydrogen-bond acceptors (Lipinski definition) is 3. The maximum Gasteiger partial charge on any atom is 0.243 e. The van der Waals surface area contributed by atoms with Crippen LogP contribution < -0.4 is 15.4 Å². The van der Waals surface area contributed by atoms with Gasteiger partial charge in [0.2, 0.25) is 11.8 Å². The predicted molar refractivity (Wildman–Crippen MR) is 128 cm³/mol. The van der Waals surface area contributed by atoms with E-state index in [1.807, 2.05) is 54.6 Å². The van der Waals surface area contributed by atoms with E-state index in [0.29, 0.717) is 17.8 Å². The van der Waals surface area contributed by atoms with Crippen molar-refractivity contribution in [3.8, 4) is 5.75 Å². The molecular weight excluding hydrogens is 412 g/mol. The minimum absolute atomic E-state index is 0.0879. The molecule has 2 amide bonds. The fourth-order valence-electron chi connectivity index (χ4n) is 6.87. The Balaban J connectivity index is 1.29. The van der Waals surface area contributed by atoms with Gasteiger partial charge >= 0.3 is 0 Å². The Hall–Kier alpha value is -2.82. The van der Waals surface area contributed by atoms with E-state index < -0.39 is 6.04 Å². The topological polar surface area (TPSA) is 67.4 Å². The van der Waals surface area contributed by atoms with Gasteiger partial charge < -0.3 is 15.4 Å². The Morgan fingerprint density at radius 1 is 0.848 bits per heavy atom. The van der Waals surface area contributed by atoms with Crippen LogP contribution in [-0.4, -0.2) is 25.0 Å². The van der Waals surface area contributed by atoms with Crippen LogP contribution in [-0.2, 0) is 9.59 Å². The van der Waals surface area contributed by atoms with E-state index in [1.54, 1.807) is 14.0 Å². The molecule has 0 heterocycles. The number of rotatable bonds is 7. The highest BCUT2D eigenvalue weighted by molar-refractivity contribution is 5.90. The van der Waals surface area contributed by atoms with Crippen LogP contribution in [0.25, 0.3) is 0 Å². The summed E-state index contributed by atoms with van der Waals surface area (Å²) in [6.07, 6.45) is 6.88. The summed E-state index contributed by atoms with van der Waals surface area (Å²) in [6.45, 7) is 1.80. The zero-order valence-corrected chi connectivity index (χ0v) is 19.6. The number of methoxy groups -OCH3 is 1. The molecule has 5 heteroatoms. The van der Waals surface area contributed by atoms with Crippen LogP contribution in [0.1, 0.15) is 62.6 Å². The average molecular weight is 447 g/mol. The molecule has 2 aromatic carbocycles. The summed E-state index contributed by atoms with van der Waals surface area (Å²) in [4.78, 5) is 26.6. The summed E-state index contributed by atoms with van der Waals surface area (Å²) < 4.78 is 5.28. The molecule has 0 saturated heterocycles. The first-order valence-electron chi connectivity index (χ1n) is 12.3. The van der Waals surface area contributed by atoms with Crippen LogP contribution in [0.3, 0.4) is 0 Å². The Morgan fingerprint density at radius 3 is 1.94 bits per heavy atom. The number of nitrogens with one attached hydrogen (secondary N) is 2. The Labute approximate surface area is 196 Å². The molecule has 0 unspecified atom stereocenters. The third-order valence-electron chi connectivity index (χ3n) is 8.13. The lowest BCUT2D eigenvalue weighted by molar-refractivity contribution is -0.148. The minimum Gasteiger partial charge on any atom is -0.497 e. The summed E-state index contributed by atoms with van der Waals surface area (Å²) >= 11 is 0. The molecule has 2 aromatic rings. The van der Waals surface area contributed by atoms with E-state index in [2.05, 4.69) is 10.6 Å². The maximum atomic E-state index is 13.4. The van der Waals surface area contributed by atoms with Gasteiger partial charge in [-0.15, -0.1) is 0 Å². The van der Waals surface area contributed by atoms with Crippen LogP contribution in [0.5, 0.6) is 5.75 Å². The van der Waals surface area contributed by atoms with Crippen LogP contribution >= 0.6 is 0 Å². The maximum absolute atomic E-state index is 13.4. The Kier molecular flexibility index (Phi) is 5.90. The highest BCUT2D eigenvalue weighted by Gasteiger charge is 2.54. The quantitative estimate of drug-likeness (QED) is 0.652. The lowest BCUT2D eigenvalue weighted by atomic mass is 9.49. The van der Waals surface area contributed by atoms with E-state index in [0.717, 1.165) is 36.1 Å². The third kappa shape index (κ3) is 4.38. The van der Waals surface area contributed by atoms with Crippen molar-refractivity contribution in [2.24, 2.45) is 23.2 Å². The fourth-order valence-corrected chi connectivity index (χ4v) is 6.87. The van der Waals surface area contributed by atoms with Crippen LogP contribution in [0.2, 0.25) is 0 Å². The zero-order chi connectivity index (χ0) is 23.0. The molecule has 5 nitrogen and oxygen atoms in total. The Bertz CT molecular complexity index is 966. The molecule has 0 aromatic heterocycles. The number of hydrogen-bond donors (Lipinski definition) is 2. The SMILES string of the molecule is COc1ccc([C@@H](NC(=O)[C@H](C)NC(=O)C23CC4CC(CC(C4)C2)C3)c2ccccc2)cc1. The summed E-state index contributed by atoms with van der Waals surface area (Å²) in [7, 11) is 1.64. The molecule has 4 fully saturated rings. The largest absolute Gasteiger partial charge is 0.497 e. The van der Waals surface area contributed by atoms with Crippen LogP contribution in [0.15, 0.2) is 54.6 Å². The van der Waals surface area contributed by atoms with Crippen molar-refractivity contribution in [1.29, 1.82) is 0 Å². The second kappa shape index (κ2) is 8.85. The molecule has 174 valence electrons. The van der Waals surface area contributed by atoms with Gasteiger partial charge in [-0.05, 0) is 86.5 Å². The highest BCUT2D eigenvalue weighted by atomic mass is 16.5. The van der Waals surface area contributed by atoms with Gasteiger partial charge in [-0.25, -0.2) is 0 Å². The van der Waals surface area contributed by atoms with E-state index in [1.165, 1.54) is 19.3 Å². The van der Waals surface area contributed by atoms with Crippen molar-refractivity contribution >= 4 is 11.8 Å². The van der Waals surface area contributed by atoms with Gasteiger partial charge in [0.25, 0.3) is 0 Å². The molecule has 2 N–H and O–H groups in total. The number of ether oxygens (including phenoxy) is 1. The number of carbonyl (C=O) groups is 2. The smallest absolute Gasteiger partial charge is 0.243 e. The molecule has 4 saturated carbocycles. The van der Waals surface area contributed by atoms with Gasteiger partial charge in [-0.2, -0.15) is 0 Å². The lowest BCUT2D eigenvalue weighted by Crippen LogP contribution is -2.56. The first-order valence-corrected chi connectivity index (χ1v) is 12.3. The number of benzene rings is 2. The average Bonchev–Trinajstić information content (AvgIpc) is 2.82. The molecule has 0 spiro atoms. The molecule has 33 heavy (non-hydrogen) atoms. The molecular formula is C28H34N2O3. The normalized spacial score (nSPS) is 29.2. The van der Waals surface area contributed by atoms with Crippen LogP contribution in [0, 0.1) is 23.2 Å². The molecule has 6 rings (SSSR count). The van der Waals surface area contributed by atoms with Crippen molar-refractivity contribution < 1.29 is 14.3 Å². The standard InChI is InChI=1S/C28H34N2O3/c1-18(29-27(32)28-15-19-12-20(16-28)14-21(13-19)17-28)26(31)30-25(22-6-4-3-5-7-22)23-8-10-24(33-2)11-9-23/h3-11,18-21,25H,12-17H2,1-2H3,(H,29,32)(H,30,31)/t18-,19?,20?,21?,25-,28?/m0/s1. The van der Waals surface area contributed by atoms with Gasteiger partial charge in [-0.1, -0.05) is 42.5 Å². The first kappa shape index (κ1) is 22.0. The van der Waals surface area contributed by atoms with Crippen LogP contribution in [0.4, 0.5) is 0 Å². The van der Waals surface area contributed by atoms with Gasteiger partial charge in [0.15, 0.2) is 0 Å². The third-order valence-corrected chi connectivity index (χ3v) is 8.13. The van der Waals surface area contributed by atoms with Gasteiger partial charge in [0, 0.05) is 5.41 Å². The van der Waals surface area contributed by atoms with Crippen molar-refractivity contribution in [2.75, 3.05) is 7.11 Å². The monoisotopic (exact) mass is 446 g/mol. The fraction of sp³-hybridized carbons (Fsp3) is 0.500. The van der Waals surface area contributed by atoms with Gasteiger partial charge in [0.05, 0.1) is 13.2 Å². The van der Waals surface area contributed by atoms with Gasteiger partial charge in [-0.3, -0.25) is 9.59 Å². The number of carbonyl (C=O) groups excluding carboxylic acids is 2. The lowest BCUT2D eigenvalue weighted by Gasteiger charge is -2.55. The number of amides is 2. The van der Waals surface area contributed by atoms with Crippen molar-refractivity contribution in [3.63, 3.8) is 0 Å². The Morgan fingerprint density at radius 2 is 1.39 bits per heavy atom. The molecule has 2 atom stereocenters. The summed E-state index contributed by atoms with van der Waals surface area (Å²) in [5.74, 6) is 2.78. The molecule has 4 bridgehead atoms. The van der Waals surface area contributed by atoms with E-state index in [-0.39, 0.29) is 23.3 Å². The minimum atomic E-state index is -0.588. The van der Waals surface area contributed by atoms with Gasteiger partial charge in [0.1, 0.15) is 11.8 Å². The summed E-state index contributed by atoms with van der Waals surface area (Å²) in [6, 6.07) is 16.8. The van der Waals surface area contributed by atoms with Crippen molar-refractivity contribution in [3.05, 3.63) is 65.7 Å². The molecule has 0 aliphatic heterocycles. The van der Waals surface area contributed by atoms with E-state index >= 15 is 0 Å². The predicted octanol–water partition coefficient (Wildman–Crippen LogP) is 4.62. The molecule has 0 radical (unpaired) electrons. The molecule has 4 aliphatic carbocycles. The van der Waals surface area contributed by atoms with E-state index in [9.17, 15) is 9.59 Å². The molecule has 4 aliphatic rings. The summed E-state index contributed by atoms with van der Waals surface area (Å²) in [5.41, 5.74) is 1.71. The second-order valence-corrected chi connectivity index (χ2v) is 10.5. The highest BCUT2D eigenvalue weighted by Crippen LogP contribution is 2.60. The summed E-state index contributed by atoms with van der Waals surface area (Å²) in [5, 5.41) is 6.26. The van der Waals surface area contributed by atoms with Crippen molar-refractivity contribution in [2.45, 2.75) is 57.5 Å². The zero-order valence-electron chi connectivity index (χ0n) is 19.6. The van der Waals surface area contributed by atoms with E-state index in [4.69, 9.17) is 4.74 Å². The van der Waals surface area contributed by atoms with Crippen molar-refractivity contribution in [1.82, 2.24) is 10.6 Å². The first-order chi connectivity index (χ1) is 16.0. The second-order valence-electron chi connectivity index (χ2n) is 10.5.